The molecule has 0 spiro atoms. The van der Waals surface area contributed by atoms with Gasteiger partial charge in [0.1, 0.15) is 0 Å². The van der Waals surface area contributed by atoms with Crippen molar-refractivity contribution in [1.82, 2.24) is 0 Å². The number of hydrogen-bond acceptors (Lipinski definition) is 0. The molecule has 0 saturated heterocycles. The van der Waals surface area contributed by atoms with E-state index in [0.717, 1.165) is 0 Å². The van der Waals surface area contributed by atoms with Crippen LogP contribution in [-0.4, -0.2) is 5.49 Å². The maximum atomic E-state index is 6.34. The molecule has 4 heteroatoms. The third-order valence-electron chi connectivity index (χ3n) is 4.42. The van der Waals surface area contributed by atoms with Crippen molar-refractivity contribution in [1.29, 1.82) is 0 Å². The van der Waals surface area contributed by atoms with Crippen LogP contribution >= 0.6 is 17.2 Å². The average molecular weight is 612 g/mol. The Morgan fingerprint density at radius 2 is 1.10 bits per heavy atom. The Bertz CT molecular complexity index is 1050. The first-order chi connectivity index (χ1) is 14.8. The van der Waals surface area contributed by atoms with Crippen LogP contribution in [0, 0.1) is 0 Å². The summed E-state index contributed by atoms with van der Waals surface area (Å²) in [5.74, 6) is 0. The van der Waals surface area contributed by atoms with E-state index in [2.05, 4.69) is 91.0 Å². The molecule has 0 aliphatic carbocycles. The van der Waals surface area contributed by atoms with Gasteiger partial charge in [0.25, 0.3) is 0 Å². The van der Waals surface area contributed by atoms with Crippen molar-refractivity contribution < 1.29 is 17.7 Å². The molecule has 0 aliphatic rings. The Balaban J connectivity index is 0.000000151. The van der Waals surface area contributed by atoms with E-state index in [4.69, 9.17) is 17.2 Å². The van der Waals surface area contributed by atoms with Crippen molar-refractivity contribution in [2.75, 3.05) is 0 Å². The molecule has 0 radical (unpaired) electrons. The molecule has 5 aromatic rings. The largest absolute Gasteiger partial charge is 0.214 e. The van der Waals surface area contributed by atoms with Gasteiger partial charge < -0.3 is 0 Å². The topological polar surface area (TPSA) is 0 Å². The Labute approximate surface area is 193 Å². The van der Waals surface area contributed by atoms with E-state index in [1.165, 1.54) is 21.1 Å². The van der Waals surface area contributed by atoms with Crippen molar-refractivity contribution in [3.8, 4) is 0 Å². The average Bonchev–Trinajstić information content (AvgIpc) is 3.51. The van der Waals surface area contributed by atoms with Gasteiger partial charge in [-0.3, -0.25) is 0 Å². The van der Waals surface area contributed by atoms with Crippen LogP contribution in [0.15, 0.2) is 133 Å². The van der Waals surface area contributed by atoms with Crippen molar-refractivity contribution in [3.05, 3.63) is 133 Å². The van der Waals surface area contributed by atoms with E-state index in [1.54, 1.807) is 0 Å². The molecule has 0 amide bonds. The fourth-order valence-electron chi connectivity index (χ4n) is 2.99. The predicted molar refractivity (Wildman–Crippen MR) is 131 cm³/mol. The van der Waals surface area contributed by atoms with Crippen LogP contribution in [0.25, 0.3) is 10.8 Å². The van der Waals surface area contributed by atoms with Gasteiger partial charge >= 0.3 is 111 Å². The van der Waals surface area contributed by atoms with E-state index >= 15 is 0 Å². The fraction of sp³-hybridized carbons (Fsp3) is 0. The van der Waals surface area contributed by atoms with Crippen molar-refractivity contribution in [2.24, 2.45) is 0 Å². The second kappa shape index (κ2) is 12.9. The minimum atomic E-state index is -2.41. The first-order valence-electron chi connectivity index (χ1n) is 9.69. The molecule has 30 heavy (non-hydrogen) atoms. The minimum absolute atomic E-state index is 0.873. The van der Waals surface area contributed by atoms with Crippen molar-refractivity contribution in [2.45, 2.75) is 0 Å². The van der Waals surface area contributed by atoms with Crippen LogP contribution in [-0.2, 0) is 17.7 Å². The monoisotopic (exact) mass is 612 g/mol. The summed E-state index contributed by atoms with van der Waals surface area (Å²) in [6, 6.07) is 45.6. The SMILES string of the molecule is [Cl][Hf]([Cl])=[Si](c1ccccc1)c1ccccc1.c1cc[cH-]c1.c1ccc2[cH-]ccc2c1. The fourth-order valence-corrected chi connectivity index (χ4v) is 23.8. The molecular formula is C26H22Cl2HfSi-2. The minimum Gasteiger partial charge on any atom is -0.214 e. The standard InChI is InChI=1S/C12H10Si.C9H7.C5H5.2ClH.Hf/c1-3-7-11(8-4-1)13-12-9-5-2-6-10-12;1-2-5-9-7-3-6-8(9)4-1;1-2-4-5-3-1;;;/h1-10H;1-7H;1-5H;2*1H;/q;2*-1;;;+2/p-2. The Morgan fingerprint density at radius 3 is 1.57 bits per heavy atom. The van der Waals surface area contributed by atoms with Gasteiger partial charge in [-0.25, -0.2) is 12.1 Å². The maximum Gasteiger partial charge on any atom is -0.0809 e. The van der Waals surface area contributed by atoms with Crippen LogP contribution in [0.1, 0.15) is 0 Å². The molecule has 0 heterocycles. The third kappa shape index (κ3) is 7.21. The van der Waals surface area contributed by atoms with Crippen molar-refractivity contribution in [3.63, 3.8) is 0 Å². The zero-order chi connectivity index (χ0) is 21.0. The zero-order valence-corrected chi connectivity index (χ0v) is 22.6. The van der Waals surface area contributed by atoms with E-state index in [0.29, 0.717) is 0 Å². The summed E-state index contributed by atoms with van der Waals surface area (Å²) in [6.07, 6.45) is 0. The molecule has 0 fully saturated rings. The maximum absolute atomic E-state index is 6.34. The van der Waals surface area contributed by atoms with Gasteiger partial charge in [-0.15, -0.1) is 29.7 Å². The number of halogens is 2. The summed E-state index contributed by atoms with van der Waals surface area (Å²) in [7, 11) is 12.7. The van der Waals surface area contributed by atoms with Gasteiger partial charge in [-0.2, -0.15) is 35.7 Å². The quantitative estimate of drug-likeness (QED) is 0.154. The van der Waals surface area contributed by atoms with Gasteiger partial charge in [0.15, 0.2) is 0 Å². The van der Waals surface area contributed by atoms with Crippen LogP contribution in [0.5, 0.6) is 0 Å². The third-order valence-corrected chi connectivity index (χ3v) is 26.2. The second-order valence-corrected chi connectivity index (χ2v) is 32.7. The summed E-state index contributed by atoms with van der Waals surface area (Å²) in [4.78, 5) is 0. The van der Waals surface area contributed by atoms with Crippen LogP contribution < -0.4 is 10.4 Å². The molecule has 150 valence electrons. The van der Waals surface area contributed by atoms with E-state index in [-0.39, 0.29) is 0 Å². The molecule has 0 aromatic heterocycles. The summed E-state index contributed by atoms with van der Waals surface area (Å²) in [5.41, 5.74) is -0.873. The molecule has 0 bridgehead atoms. The van der Waals surface area contributed by atoms with Gasteiger partial charge in [0, 0.05) is 0 Å². The molecule has 0 unspecified atom stereocenters. The molecule has 0 saturated carbocycles. The molecule has 0 N–H and O–H groups in total. The van der Waals surface area contributed by atoms with Crippen LogP contribution in [0.2, 0.25) is 0 Å². The van der Waals surface area contributed by atoms with E-state index in [9.17, 15) is 0 Å². The van der Waals surface area contributed by atoms with Gasteiger partial charge in [-0.05, 0) is 0 Å². The second-order valence-electron chi connectivity index (χ2n) is 6.48. The summed E-state index contributed by atoms with van der Waals surface area (Å²) in [6.45, 7) is 0. The number of hydrogen-bond donors (Lipinski definition) is 0. The Kier molecular flexibility index (Phi) is 9.84. The van der Waals surface area contributed by atoms with Crippen molar-refractivity contribution >= 4 is 43.8 Å². The van der Waals surface area contributed by atoms with Crippen LogP contribution in [0.3, 0.4) is 0 Å². The summed E-state index contributed by atoms with van der Waals surface area (Å²) >= 11 is -2.41. The smallest absolute Gasteiger partial charge is 0.0809 e. The Morgan fingerprint density at radius 1 is 0.567 bits per heavy atom. The van der Waals surface area contributed by atoms with E-state index < -0.39 is 23.2 Å². The van der Waals surface area contributed by atoms with Gasteiger partial charge in [0.05, 0.1) is 0 Å². The molecule has 0 atom stereocenters. The van der Waals surface area contributed by atoms with Crippen LogP contribution in [0.4, 0.5) is 0 Å². The number of fused-ring (bicyclic) bond motifs is 1. The first-order valence-corrected chi connectivity index (χ1v) is 25.5. The van der Waals surface area contributed by atoms with Gasteiger partial charge in [0.2, 0.25) is 0 Å². The molecular weight excluding hydrogens is 590 g/mol. The number of rotatable bonds is 2. The molecule has 0 aliphatic heterocycles. The normalized spacial score (nSPS) is 9.67. The van der Waals surface area contributed by atoms with Gasteiger partial charge in [-0.1, -0.05) is 6.07 Å². The summed E-state index contributed by atoms with van der Waals surface area (Å²) in [5, 5.41) is 5.34. The molecule has 0 nitrogen and oxygen atoms in total. The summed E-state index contributed by atoms with van der Waals surface area (Å²) < 4.78 is 0. The molecule has 5 aromatic carbocycles. The Hall–Kier alpha value is -1.71. The predicted octanol–water partition coefficient (Wildman–Crippen LogP) is 6.68. The number of benzene rings is 3. The van der Waals surface area contributed by atoms with E-state index in [1.807, 2.05) is 42.5 Å². The first kappa shape index (κ1) is 23.0. The molecule has 5 rings (SSSR count). The zero-order valence-electron chi connectivity index (χ0n) is 16.5.